The van der Waals surface area contributed by atoms with Crippen LogP contribution in [0.15, 0.2) is 210 Å². The predicted octanol–water partition coefficient (Wildman–Crippen LogP) is 15.3. The van der Waals surface area contributed by atoms with Crippen LogP contribution in [-0.4, -0.2) is 9.97 Å². The van der Waals surface area contributed by atoms with E-state index < -0.39 is 235 Å². The molecule has 0 atom stereocenters. The largest absolute Gasteiger partial charge is 0.455 e. The van der Waals surface area contributed by atoms with Crippen LogP contribution in [0.25, 0.3) is 121 Å². The Hall–Kier alpha value is -7.88. The molecule has 0 N–H and O–H groups in total. The van der Waals surface area contributed by atoms with Crippen LogP contribution in [0.2, 0.25) is 0 Å². The average Bonchev–Trinajstić information content (AvgIpc) is 1.39. The summed E-state index contributed by atoms with van der Waals surface area (Å²) in [5.74, 6) is -1.33. The molecule has 3 nitrogen and oxygen atoms in total. The molecule has 0 fully saturated rings. The summed E-state index contributed by atoms with van der Waals surface area (Å²) in [6, 6.07) is -10.7. The van der Waals surface area contributed by atoms with Crippen molar-refractivity contribution in [2.24, 2.45) is 0 Å². The molecule has 12 rings (SSSR count). The fourth-order valence-corrected chi connectivity index (χ4v) is 7.48. The Morgan fingerprint density at radius 2 is 0.881 bits per heavy atom. The topological polar surface area (TPSA) is 38.9 Å². The second kappa shape index (κ2) is 13.4. The van der Waals surface area contributed by atoms with Crippen molar-refractivity contribution in [1.82, 2.24) is 9.97 Å². The van der Waals surface area contributed by atoms with Gasteiger partial charge < -0.3 is 4.42 Å². The van der Waals surface area contributed by atoms with Crippen molar-refractivity contribution in [1.29, 1.82) is 0 Å². The Kier molecular flexibility index (Phi) is 3.66. The third-order valence-corrected chi connectivity index (χ3v) is 10.0. The summed E-state index contributed by atoms with van der Waals surface area (Å²) >= 11 is 0. The molecule has 3 aromatic heterocycles. The smallest absolute Gasteiger partial charge is 0.143 e. The summed E-state index contributed by atoms with van der Waals surface area (Å²) < 4.78 is 251. The van der Waals surface area contributed by atoms with Crippen LogP contribution in [0.3, 0.4) is 0 Å². The van der Waals surface area contributed by atoms with Crippen LogP contribution >= 0.6 is 0 Å². The first-order valence-corrected chi connectivity index (χ1v) is 17.9. The minimum atomic E-state index is -0.930. The van der Waals surface area contributed by atoms with Crippen molar-refractivity contribution >= 4 is 64.9 Å². The second-order valence-electron chi connectivity index (χ2n) is 13.2. The highest BCUT2D eigenvalue weighted by Crippen LogP contribution is 2.53. The lowest BCUT2D eigenvalue weighted by molar-refractivity contribution is 0.600. The van der Waals surface area contributed by atoms with Gasteiger partial charge in [-0.25, -0.2) is 4.98 Å². The van der Waals surface area contributed by atoms with Gasteiger partial charge in [-0.05, 0) is 66.3 Å². The number of hydrogen-bond donors (Lipinski definition) is 0. The maximum Gasteiger partial charge on any atom is 0.143 e. The number of pyridine rings is 2. The van der Waals surface area contributed by atoms with Crippen molar-refractivity contribution in [3.8, 4) is 56.2 Å². The molecule has 59 heavy (non-hydrogen) atoms. The highest BCUT2D eigenvalue weighted by molar-refractivity contribution is 6.16. The molecule has 0 bridgehead atoms. The SMILES string of the molecule is [2H]c1cc(-c2oc(-c3c([2H])c([2H])c([2H])c4c([2H])c([2H])c([2H])c([2H])c34)c(-c3ccc(-c4nc5c(c([2H])c4[2H])c([2H])c([2H])c4c([2H])c([2H])c([2H])nc45)c4ccccc34)c2-c2c([2H])c([2H])c([2H])c3c([2H])c([2H])c([2H])c([2H])c23)c2c([2H])c([2H])c([2H])c([2H])c2c1[2H]. The predicted molar refractivity (Wildman–Crippen MR) is 247 cm³/mol. The van der Waals surface area contributed by atoms with Gasteiger partial charge >= 0.3 is 0 Å². The van der Waals surface area contributed by atoms with E-state index in [9.17, 15) is 12.3 Å². The third kappa shape index (κ3) is 5.29. The van der Waals surface area contributed by atoms with E-state index in [1.807, 2.05) is 0 Å². The fourth-order valence-electron chi connectivity index (χ4n) is 7.48. The molecule has 0 saturated heterocycles. The van der Waals surface area contributed by atoms with Gasteiger partial charge in [-0.3, -0.25) is 4.98 Å². The summed E-state index contributed by atoms with van der Waals surface area (Å²) in [5.41, 5.74) is -3.54. The summed E-state index contributed by atoms with van der Waals surface area (Å²) in [6.45, 7) is 0. The third-order valence-electron chi connectivity index (χ3n) is 10.0. The number of fused-ring (bicyclic) bond motifs is 7. The van der Waals surface area contributed by atoms with Crippen LogP contribution in [0.1, 0.15) is 37.0 Å². The quantitative estimate of drug-likeness (QED) is 0.163. The lowest BCUT2D eigenvalue weighted by atomic mass is 9.85. The standard InChI is InChI=1S/C56H34N2O/c1-4-20-40-35(13-1)16-9-25-46(40)51-52(56(49-27-11-18-37-15-3-6-22-42(37)49)59-55(51)48-26-10-17-36-14-2-5-21-41(36)48)47-32-31-45(43-23-7-8-24-44(43)47)50-33-30-39-29-28-38-19-12-34-57-53(38)54(39)58-50/h1-34H/i1D,2D,3D,4D,5D,6D,9D,10D,11D,12D,13D,14D,15D,16D,17D,18D,19D,20D,21D,22D,25D,27D,28D,29D,30D,33D,34D. The normalized spacial score (nSPS) is 18.1. The molecule has 12 aromatic rings. The number of hydrogen-bond acceptors (Lipinski definition) is 3. The van der Waals surface area contributed by atoms with E-state index in [1.54, 1.807) is 6.07 Å². The molecule has 0 aliphatic rings. The van der Waals surface area contributed by atoms with E-state index in [0.29, 0.717) is 0 Å². The number of aromatic nitrogens is 2. The van der Waals surface area contributed by atoms with Gasteiger partial charge in [-0.15, -0.1) is 0 Å². The Bertz CT molecular complexity index is 5200. The minimum absolute atomic E-state index is 0.0490. The molecule has 274 valence electrons. The molecule has 3 heterocycles. The van der Waals surface area contributed by atoms with Crippen LogP contribution in [0.4, 0.5) is 0 Å². The number of benzene rings is 9. The first-order chi connectivity index (χ1) is 40.5. The second-order valence-corrected chi connectivity index (χ2v) is 13.2. The van der Waals surface area contributed by atoms with Gasteiger partial charge in [-0.2, -0.15) is 0 Å². The van der Waals surface area contributed by atoms with E-state index in [0.717, 1.165) is 6.07 Å². The van der Waals surface area contributed by atoms with Crippen LogP contribution in [0, 0.1) is 0 Å². The van der Waals surface area contributed by atoms with Crippen molar-refractivity contribution < 1.29 is 41.4 Å². The Balaban J connectivity index is 1.37. The maximum atomic E-state index is 9.86. The Morgan fingerprint density at radius 1 is 0.356 bits per heavy atom. The average molecular weight is 778 g/mol. The van der Waals surface area contributed by atoms with Crippen LogP contribution in [0.5, 0.6) is 0 Å². The lowest BCUT2D eigenvalue weighted by Crippen LogP contribution is -1.93. The molecular weight excluding hydrogens is 717 g/mol. The molecule has 0 unspecified atom stereocenters. The molecular formula is C56H34N2O. The van der Waals surface area contributed by atoms with Gasteiger partial charge in [0.25, 0.3) is 0 Å². The number of nitrogens with zero attached hydrogens (tertiary/aromatic N) is 2. The van der Waals surface area contributed by atoms with E-state index in [4.69, 9.17) is 34.1 Å². The van der Waals surface area contributed by atoms with Gasteiger partial charge in [0.05, 0.1) is 53.7 Å². The van der Waals surface area contributed by atoms with Gasteiger partial charge in [0.2, 0.25) is 0 Å². The van der Waals surface area contributed by atoms with Gasteiger partial charge in [-0.1, -0.05) is 187 Å². The summed E-state index contributed by atoms with van der Waals surface area (Å²) in [7, 11) is 0. The van der Waals surface area contributed by atoms with Crippen molar-refractivity contribution in [2.45, 2.75) is 0 Å². The van der Waals surface area contributed by atoms with Crippen molar-refractivity contribution in [2.75, 3.05) is 0 Å². The monoisotopic (exact) mass is 777 g/mol. The van der Waals surface area contributed by atoms with Crippen molar-refractivity contribution in [3.05, 3.63) is 206 Å². The van der Waals surface area contributed by atoms with E-state index in [-0.39, 0.29) is 49.4 Å². The molecule has 0 saturated carbocycles. The summed E-state index contributed by atoms with van der Waals surface area (Å²) in [6.07, 6.45) is -0.683. The molecule has 0 aliphatic heterocycles. The summed E-state index contributed by atoms with van der Waals surface area (Å²) in [4.78, 5) is 8.92. The van der Waals surface area contributed by atoms with E-state index in [1.165, 1.54) is 30.3 Å². The van der Waals surface area contributed by atoms with Gasteiger partial charge in [0, 0.05) is 44.8 Å². The number of furan rings is 1. The molecule has 0 radical (unpaired) electrons. The molecule has 0 spiro atoms. The zero-order valence-corrected chi connectivity index (χ0v) is 29.8. The van der Waals surface area contributed by atoms with Gasteiger partial charge in [0.1, 0.15) is 11.5 Å². The zero-order valence-electron chi connectivity index (χ0n) is 56.8. The molecule has 0 aliphatic carbocycles. The summed E-state index contributed by atoms with van der Waals surface area (Å²) in [5, 5.41) is -3.83. The highest BCUT2D eigenvalue weighted by Gasteiger charge is 2.29. The molecule has 0 amide bonds. The van der Waals surface area contributed by atoms with Crippen molar-refractivity contribution in [3.63, 3.8) is 0 Å². The molecule has 9 aromatic carbocycles. The number of rotatable bonds is 5. The lowest BCUT2D eigenvalue weighted by Gasteiger charge is -2.16. The Labute approximate surface area is 378 Å². The minimum Gasteiger partial charge on any atom is -0.455 e. The van der Waals surface area contributed by atoms with Gasteiger partial charge in [0.15, 0.2) is 0 Å². The highest BCUT2D eigenvalue weighted by atomic mass is 16.3. The molecule has 3 heteroatoms. The Morgan fingerprint density at radius 3 is 1.63 bits per heavy atom. The maximum absolute atomic E-state index is 9.86. The zero-order chi connectivity index (χ0) is 62.4. The fraction of sp³-hybridized carbons (Fsp3) is 0. The van der Waals surface area contributed by atoms with Crippen LogP contribution < -0.4 is 0 Å². The van der Waals surface area contributed by atoms with E-state index in [2.05, 4.69) is 4.98 Å². The van der Waals surface area contributed by atoms with Crippen LogP contribution in [-0.2, 0) is 0 Å². The first-order valence-electron chi connectivity index (χ1n) is 31.4. The first kappa shape index (κ1) is 16.2. The van der Waals surface area contributed by atoms with E-state index >= 15 is 0 Å².